The highest BCUT2D eigenvalue weighted by Gasteiger charge is 2.29. The molecule has 2 atom stereocenters. The van der Waals surface area contributed by atoms with Crippen molar-refractivity contribution in [2.75, 3.05) is 25.0 Å². The number of carbonyl (C=O) groups is 3. The zero-order valence-electron chi connectivity index (χ0n) is 27.0. The van der Waals surface area contributed by atoms with Gasteiger partial charge < -0.3 is 27.0 Å². The molecule has 1 aliphatic heterocycles. The van der Waals surface area contributed by atoms with Crippen LogP contribution >= 0.6 is 0 Å². The molecule has 13 nitrogen and oxygen atoms in total. The lowest BCUT2D eigenvalue weighted by atomic mass is 9.81. The smallest absolute Gasteiger partial charge is 0.270 e. The van der Waals surface area contributed by atoms with Crippen LogP contribution in [0.5, 0.6) is 0 Å². The largest absolute Gasteiger partial charge is 0.347 e. The Morgan fingerprint density at radius 1 is 0.938 bits per heavy atom. The van der Waals surface area contributed by atoms with E-state index in [1.807, 2.05) is 37.3 Å². The van der Waals surface area contributed by atoms with Crippen molar-refractivity contribution in [2.45, 2.75) is 57.5 Å². The van der Waals surface area contributed by atoms with Crippen LogP contribution in [0.1, 0.15) is 53.8 Å². The molecule has 2 aromatic carbocycles. The lowest BCUT2D eigenvalue weighted by molar-refractivity contribution is -0.130. The van der Waals surface area contributed by atoms with Crippen LogP contribution in [-0.2, 0) is 16.0 Å². The number of amides is 3. The molecule has 2 fully saturated rings. The van der Waals surface area contributed by atoms with Crippen LogP contribution in [0, 0.1) is 18.8 Å². The number of hydrogen-bond donors (Lipinski definition) is 6. The Hall–Kier alpha value is -5.01. The maximum atomic E-state index is 13.6. The van der Waals surface area contributed by atoms with Gasteiger partial charge in [-0.2, -0.15) is 5.21 Å². The number of hydrogen-bond acceptors (Lipinski definition) is 9. The number of aromatic amines is 1. The minimum absolute atomic E-state index is 0.107. The van der Waals surface area contributed by atoms with Gasteiger partial charge in [0.2, 0.25) is 17.6 Å². The molecule has 7 N–H and O–H groups in total. The summed E-state index contributed by atoms with van der Waals surface area (Å²) in [6, 6.07) is 18.0. The van der Waals surface area contributed by atoms with Crippen molar-refractivity contribution in [1.29, 1.82) is 0 Å². The third-order valence-corrected chi connectivity index (χ3v) is 9.36. The van der Waals surface area contributed by atoms with E-state index in [9.17, 15) is 14.4 Å². The van der Waals surface area contributed by atoms with Crippen molar-refractivity contribution in [3.63, 3.8) is 0 Å². The Bertz CT molecular complexity index is 1700. The average Bonchev–Trinajstić information content (AvgIpc) is 3.84. The number of rotatable bonds is 11. The van der Waals surface area contributed by atoms with Crippen LogP contribution in [0.2, 0.25) is 0 Å². The average molecular weight is 651 g/mol. The van der Waals surface area contributed by atoms with E-state index in [4.69, 9.17) is 5.73 Å². The summed E-state index contributed by atoms with van der Waals surface area (Å²) in [6.45, 7) is 4.20. The lowest BCUT2D eigenvalue weighted by Crippen LogP contribution is -2.48. The summed E-state index contributed by atoms with van der Waals surface area (Å²) in [7, 11) is 0. The molecule has 4 aromatic rings. The van der Waals surface area contributed by atoms with Crippen molar-refractivity contribution in [1.82, 2.24) is 41.6 Å². The summed E-state index contributed by atoms with van der Waals surface area (Å²) >= 11 is 0. The van der Waals surface area contributed by atoms with Crippen LogP contribution in [0.3, 0.4) is 0 Å². The molecule has 0 radical (unpaired) electrons. The molecule has 3 amide bonds. The van der Waals surface area contributed by atoms with E-state index in [2.05, 4.69) is 46.9 Å². The number of nitrogens with one attached hydrogen (secondary N) is 5. The van der Waals surface area contributed by atoms with E-state index in [1.165, 1.54) is 0 Å². The van der Waals surface area contributed by atoms with E-state index in [0.29, 0.717) is 36.1 Å². The predicted octanol–water partition coefficient (Wildman–Crippen LogP) is 2.76. The van der Waals surface area contributed by atoms with Gasteiger partial charge in [0.15, 0.2) is 0 Å². The quantitative estimate of drug-likeness (QED) is 0.142. The maximum Gasteiger partial charge on any atom is 0.270 e. The number of nitrogens with two attached hydrogens (primary N) is 1. The van der Waals surface area contributed by atoms with Crippen LogP contribution < -0.4 is 27.0 Å². The van der Waals surface area contributed by atoms with Crippen molar-refractivity contribution in [3.05, 3.63) is 77.6 Å². The van der Waals surface area contributed by atoms with Gasteiger partial charge in [-0.25, -0.2) is 4.98 Å². The van der Waals surface area contributed by atoms with Gasteiger partial charge in [-0.05, 0) is 105 Å². The molecule has 0 bridgehead atoms. The summed E-state index contributed by atoms with van der Waals surface area (Å²) in [5.41, 5.74) is 11.1. The summed E-state index contributed by atoms with van der Waals surface area (Å²) in [5, 5.41) is 26.3. The molecule has 13 heteroatoms. The second-order valence-corrected chi connectivity index (χ2v) is 12.7. The molecule has 1 saturated carbocycles. The third kappa shape index (κ3) is 8.09. The number of H-pyrrole nitrogens is 1. The number of aromatic nitrogens is 5. The zero-order valence-corrected chi connectivity index (χ0v) is 27.0. The monoisotopic (exact) mass is 650 g/mol. The number of tetrazole rings is 1. The highest BCUT2D eigenvalue weighted by molar-refractivity contribution is 5.98. The van der Waals surface area contributed by atoms with Crippen LogP contribution in [-0.4, -0.2) is 75.0 Å². The molecule has 6 rings (SSSR count). The lowest BCUT2D eigenvalue weighted by Gasteiger charge is -2.28. The van der Waals surface area contributed by atoms with Gasteiger partial charge in [0.1, 0.15) is 11.7 Å². The second-order valence-electron chi connectivity index (χ2n) is 12.7. The van der Waals surface area contributed by atoms with E-state index in [-0.39, 0.29) is 29.7 Å². The topological polar surface area (TPSA) is 193 Å². The molecule has 3 heterocycles. The standard InChI is InChI=1S/C35H42N10O3/c1-21-29(14-15-30(38-21)34(47)40-28-16-17-37-20-28)24-6-2-22(3-7-24)18-31(41-33(46)26-8-4-23(19-36)5-9-26)35(48)39-27-12-10-25(11-13-27)32-42-44-45-43-32/h2-3,6-7,10-15,23,26,28,31,37H,4-5,8-9,16-20,36H2,1H3,(H,39,48)(H,40,47)(H,41,46)(H,42,43,44,45)/t23?,26?,28-,31+/m1/s1. The number of pyridine rings is 1. The predicted molar refractivity (Wildman–Crippen MR) is 182 cm³/mol. The number of nitrogens with zero attached hydrogens (tertiary/aromatic N) is 4. The molecule has 48 heavy (non-hydrogen) atoms. The molecule has 2 aliphatic rings. The number of benzene rings is 2. The van der Waals surface area contributed by atoms with Crippen LogP contribution in [0.4, 0.5) is 5.69 Å². The Morgan fingerprint density at radius 2 is 1.69 bits per heavy atom. The van der Waals surface area contributed by atoms with Crippen LogP contribution in [0.15, 0.2) is 60.7 Å². The van der Waals surface area contributed by atoms with Crippen molar-refractivity contribution in [3.8, 4) is 22.5 Å². The van der Waals surface area contributed by atoms with Gasteiger partial charge in [0.25, 0.3) is 5.91 Å². The van der Waals surface area contributed by atoms with Crippen LogP contribution in [0.25, 0.3) is 22.5 Å². The van der Waals surface area contributed by atoms with Gasteiger partial charge >= 0.3 is 0 Å². The fraction of sp³-hybridized carbons (Fsp3) is 0.400. The molecular weight excluding hydrogens is 608 g/mol. The second kappa shape index (κ2) is 15.3. The van der Waals surface area contributed by atoms with Crippen molar-refractivity contribution < 1.29 is 14.4 Å². The molecule has 2 aromatic heterocycles. The zero-order chi connectivity index (χ0) is 33.5. The molecular formula is C35H42N10O3. The van der Waals surface area contributed by atoms with E-state index < -0.39 is 6.04 Å². The molecule has 1 aliphatic carbocycles. The highest BCUT2D eigenvalue weighted by atomic mass is 16.2. The molecule has 1 saturated heterocycles. The minimum atomic E-state index is -0.788. The Kier molecular flexibility index (Phi) is 10.5. The van der Waals surface area contributed by atoms with Crippen molar-refractivity contribution in [2.24, 2.45) is 17.6 Å². The third-order valence-electron chi connectivity index (χ3n) is 9.36. The molecule has 250 valence electrons. The Morgan fingerprint density at radius 3 is 2.33 bits per heavy atom. The highest BCUT2D eigenvalue weighted by Crippen LogP contribution is 2.29. The van der Waals surface area contributed by atoms with Gasteiger partial charge in [-0.1, -0.05) is 30.3 Å². The molecule has 0 spiro atoms. The Labute approximate surface area is 279 Å². The van der Waals surface area contributed by atoms with E-state index in [1.54, 1.807) is 30.3 Å². The summed E-state index contributed by atoms with van der Waals surface area (Å²) in [6.07, 6.45) is 4.57. The number of aryl methyl sites for hydroxylation is 1. The maximum absolute atomic E-state index is 13.6. The van der Waals surface area contributed by atoms with Crippen molar-refractivity contribution >= 4 is 23.4 Å². The van der Waals surface area contributed by atoms with Gasteiger partial charge in [-0.3, -0.25) is 14.4 Å². The first-order chi connectivity index (χ1) is 23.4. The summed E-state index contributed by atoms with van der Waals surface area (Å²) < 4.78 is 0. The summed E-state index contributed by atoms with van der Waals surface area (Å²) in [4.78, 5) is 44.3. The SMILES string of the molecule is Cc1nc(C(=O)N[C@@H]2CCNC2)ccc1-c1ccc(C[C@H](NC(=O)C2CCC(CN)CC2)C(=O)Nc2ccc(-c3nn[nH]n3)cc2)cc1. The fourth-order valence-electron chi connectivity index (χ4n) is 6.46. The van der Waals surface area contributed by atoms with Gasteiger partial charge in [-0.15, -0.1) is 10.2 Å². The minimum Gasteiger partial charge on any atom is -0.347 e. The number of anilines is 1. The van der Waals surface area contributed by atoms with E-state index in [0.717, 1.165) is 73.1 Å². The normalized spacial score (nSPS) is 19.8. The first kappa shape index (κ1) is 32.9. The van der Waals surface area contributed by atoms with Gasteiger partial charge in [0, 0.05) is 47.4 Å². The van der Waals surface area contributed by atoms with Gasteiger partial charge in [0.05, 0.1) is 0 Å². The number of carbonyl (C=O) groups excluding carboxylic acids is 3. The van der Waals surface area contributed by atoms with E-state index >= 15 is 0 Å². The fourth-order valence-corrected chi connectivity index (χ4v) is 6.46. The summed E-state index contributed by atoms with van der Waals surface area (Å²) in [5.74, 6) is 0.173. The Balaban J connectivity index is 1.14. The first-order valence-corrected chi connectivity index (χ1v) is 16.6. The molecule has 0 unspecified atom stereocenters. The first-order valence-electron chi connectivity index (χ1n) is 16.6.